The minimum Gasteiger partial charge on any atom is -0.362 e. The van der Waals surface area contributed by atoms with Crippen LogP contribution in [0, 0.1) is 0 Å². The predicted octanol–water partition coefficient (Wildman–Crippen LogP) is 12.3. The van der Waals surface area contributed by atoms with Crippen LogP contribution in [0.4, 0.5) is 0 Å². The lowest BCUT2D eigenvalue weighted by molar-refractivity contribution is 0.0767. The van der Waals surface area contributed by atoms with Crippen molar-refractivity contribution >= 4 is 19.2 Å². The molecule has 0 bridgehead atoms. The van der Waals surface area contributed by atoms with E-state index in [1.54, 1.807) is 0 Å². The van der Waals surface area contributed by atoms with Crippen LogP contribution in [0.5, 0.6) is 0 Å². The van der Waals surface area contributed by atoms with Crippen LogP contribution >= 0.6 is 11.1 Å². The molecular formula is C33H69ClO3Si. The van der Waals surface area contributed by atoms with Gasteiger partial charge in [-0.3, -0.25) is 0 Å². The van der Waals surface area contributed by atoms with Gasteiger partial charge in [0.25, 0.3) is 0 Å². The second-order valence-electron chi connectivity index (χ2n) is 11.5. The van der Waals surface area contributed by atoms with E-state index in [1.807, 2.05) is 0 Å². The summed E-state index contributed by atoms with van der Waals surface area (Å²) in [5.74, 6) is 0. The Morgan fingerprint density at radius 3 is 0.711 bits per heavy atom. The first kappa shape index (κ1) is 38.4. The number of halogens is 1. The van der Waals surface area contributed by atoms with Gasteiger partial charge in [0.15, 0.2) is 0 Å². The molecule has 0 aliphatic carbocycles. The monoisotopic (exact) mass is 576 g/mol. The van der Waals surface area contributed by atoms with E-state index < -0.39 is 8.11 Å². The van der Waals surface area contributed by atoms with Crippen molar-refractivity contribution in [1.29, 1.82) is 0 Å². The zero-order valence-electron chi connectivity index (χ0n) is 26.3. The molecule has 0 radical (unpaired) electrons. The Morgan fingerprint density at radius 2 is 0.500 bits per heavy atom. The van der Waals surface area contributed by atoms with Gasteiger partial charge in [-0.05, 0) is 19.3 Å². The van der Waals surface area contributed by atoms with E-state index in [1.165, 1.54) is 154 Å². The van der Waals surface area contributed by atoms with Crippen LogP contribution in [-0.4, -0.2) is 27.9 Å². The van der Waals surface area contributed by atoms with Gasteiger partial charge < -0.3 is 13.3 Å². The van der Waals surface area contributed by atoms with Gasteiger partial charge in [0.2, 0.25) is 0 Å². The molecule has 0 aromatic heterocycles. The largest absolute Gasteiger partial charge is 0.613 e. The van der Waals surface area contributed by atoms with Crippen LogP contribution in [-0.2, 0) is 13.3 Å². The lowest BCUT2D eigenvalue weighted by Crippen LogP contribution is -2.41. The Balaban J connectivity index is 4.06. The van der Waals surface area contributed by atoms with E-state index >= 15 is 0 Å². The van der Waals surface area contributed by atoms with Gasteiger partial charge in [0.1, 0.15) is 0 Å². The highest BCUT2D eigenvalue weighted by molar-refractivity contribution is 7.09. The zero-order chi connectivity index (χ0) is 27.8. The standard InChI is InChI=1S/C33H69ClO3Si/c1-4-7-10-13-16-19-22-25-28-31-35-38(34,36-32-29-26-23-20-17-14-11-8-5-2)37-33-30-27-24-21-18-15-12-9-6-3/h4-33H2,1-3H3. The van der Waals surface area contributed by atoms with E-state index in [9.17, 15) is 0 Å². The highest BCUT2D eigenvalue weighted by atomic mass is 35.6. The fourth-order valence-corrected chi connectivity index (χ4v) is 7.05. The first-order valence-electron chi connectivity index (χ1n) is 17.3. The number of hydrogen-bond donors (Lipinski definition) is 0. The molecule has 0 rings (SSSR count). The van der Waals surface area contributed by atoms with Crippen LogP contribution in [0.2, 0.25) is 0 Å². The summed E-state index contributed by atoms with van der Waals surface area (Å²) < 4.78 is 18.3. The van der Waals surface area contributed by atoms with Crippen molar-refractivity contribution in [1.82, 2.24) is 0 Å². The average Bonchev–Trinajstić information content (AvgIpc) is 2.92. The topological polar surface area (TPSA) is 27.7 Å². The summed E-state index contributed by atoms with van der Waals surface area (Å²) in [5, 5.41) is 0. The summed E-state index contributed by atoms with van der Waals surface area (Å²) >= 11 is 6.84. The molecule has 0 unspecified atom stereocenters. The first-order valence-corrected chi connectivity index (χ1v) is 20.0. The fraction of sp³-hybridized carbons (Fsp3) is 1.00. The molecule has 0 saturated heterocycles. The first-order chi connectivity index (χ1) is 18.7. The molecule has 0 saturated carbocycles. The summed E-state index contributed by atoms with van der Waals surface area (Å²) in [4.78, 5) is 0. The maximum absolute atomic E-state index is 6.84. The molecule has 0 aliphatic rings. The second-order valence-corrected chi connectivity index (χ2v) is 14.7. The molecule has 230 valence electrons. The molecule has 5 heteroatoms. The Labute approximate surface area is 246 Å². The van der Waals surface area contributed by atoms with E-state index in [2.05, 4.69) is 20.8 Å². The SMILES string of the molecule is CCCCCCCCCCCO[Si](Cl)(OCCCCCCCCCCC)OCCCCCCCCCCC. The summed E-state index contributed by atoms with van der Waals surface area (Å²) in [7, 11) is -3.05. The van der Waals surface area contributed by atoms with E-state index in [4.69, 9.17) is 24.4 Å². The summed E-state index contributed by atoms with van der Waals surface area (Å²) in [5.41, 5.74) is 0. The van der Waals surface area contributed by atoms with Crippen molar-refractivity contribution < 1.29 is 13.3 Å². The normalized spacial score (nSPS) is 12.0. The van der Waals surface area contributed by atoms with Gasteiger partial charge in [-0.15, -0.1) is 0 Å². The Kier molecular flexibility index (Phi) is 32.2. The van der Waals surface area contributed by atoms with Crippen LogP contribution in [0.15, 0.2) is 0 Å². The Bertz CT molecular complexity index is 379. The van der Waals surface area contributed by atoms with Gasteiger partial charge in [0.05, 0.1) is 0 Å². The molecule has 0 aromatic rings. The zero-order valence-corrected chi connectivity index (χ0v) is 28.1. The highest BCUT2D eigenvalue weighted by Gasteiger charge is 2.39. The molecule has 38 heavy (non-hydrogen) atoms. The van der Waals surface area contributed by atoms with Crippen LogP contribution in [0.1, 0.15) is 194 Å². The van der Waals surface area contributed by atoms with Crippen LogP contribution in [0.25, 0.3) is 0 Å². The van der Waals surface area contributed by atoms with E-state index in [0.29, 0.717) is 19.8 Å². The molecule has 0 heterocycles. The molecule has 0 fully saturated rings. The van der Waals surface area contributed by atoms with Gasteiger partial charge in [-0.25, -0.2) is 0 Å². The molecular weight excluding hydrogens is 508 g/mol. The quantitative estimate of drug-likeness (QED) is 0.0441. The minimum atomic E-state index is -3.05. The second kappa shape index (κ2) is 31.9. The average molecular weight is 577 g/mol. The highest BCUT2D eigenvalue weighted by Crippen LogP contribution is 2.19. The predicted molar refractivity (Wildman–Crippen MR) is 171 cm³/mol. The smallest absolute Gasteiger partial charge is 0.362 e. The van der Waals surface area contributed by atoms with Gasteiger partial charge in [-0.2, -0.15) is 0 Å². The third-order valence-corrected chi connectivity index (χ3v) is 10.2. The molecule has 0 N–H and O–H groups in total. The Hall–Kier alpha value is 0.387. The molecule has 3 nitrogen and oxygen atoms in total. The number of rotatable bonds is 33. The minimum absolute atomic E-state index is 0.668. The molecule has 0 spiro atoms. The van der Waals surface area contributed by atoms with Crippen molar-refractivity contribution in [3.8, 4) is 0 Å². The lowest BCUT2D eigenvalue weighted by atomic mass is 10.1. The maximum atomic E-state index is 6.84. The van der Waals surface area contributed by atoms with Gasteiger partial charge in [-0.1, -0.05) is 186 Å². The third kappa shape index (κ3) is 29.4. The van der Waals surface area contributed by atoms with Crippen molar-refractivity contribution in [3.05, 3.63) is 0 Å². The van der Waals surface area contributed by atoms with E-state index in [0.717, 1.165) is 19.3 Å². The summed E-state index contributed by atoms with van der Waals surface area (Å²) in [6, 6.07) is 0. The summed E-state index contributed by atoms with van der Waals surface area (Å²) in [6.45, 7) is 8.84. The molecule has 0 amide bonds. The third-order valence-electron chi connectivity index (χ3n) is 7.57. The Morgan fingerprint density at radius 1 is 0.316 bits per heavy atom. The van der Waals surface area contributed by atoms with Crippen molar-refractivity contribution in [3.63, 3.8) is 0 Å². The van der Waals surface area contributed by atoms with Gasteiger partial charge >= 0.3 is 8.11 Å². The van der Waals surface area contributed by atoms with Crippen molar-refractivity contribution in [2.45, 2.75) is 194 Å². The van der Waals surface area contributed by atoms with Gasteiger partial charge in [0, 0.05) is 19.8 Å². The van der Waals surface area contributed by atoms with E-state index in [-0.39, 0.29) is 0 Å². The number of unbranched alkanes of at least 4 members (excludes halogenated alkanes) is 24. The number of hydrogen-bond acceptors (Lipinski definition) is 3. The van der Waals surface area contributed by atoms with Crippen LogP contribution < -0.4 is 0 Å². The van der Waals surface area contributed by atoms with Crippen molar-refractivity contribution in [2.75, 3.05) is 19.8 Å². The molecule has 0 aliphatic heterocycles. The molecule has 0 atom stereocenters. The van der Waals surface area contributed by atoms with Crippen LogP contribution in [0.3, 0.4) is 0 Å². The maximum Gasteiger partial charge on any atom is 0.613 e. The molecule has 0 aromatic carbocycles. The van der Waals surface area contributed by atoms with Crippen molar-refractivity contribution in [2.24, 2.45) is 0 Å². The summed E-state index contributed by atoms with van der Waals surface area (Å²) in [6.07, 6.45) is 35.3. The lowest BCUT2D eigenvalue weighted by Gasteiger charge is -2.23. The fourth-order valence-electron chi connectivity index (χ4n) is 4.95.